The summed E-state index contributed by atoms with van der Waals surface area (Å²) < 4.78 is 0. The molecule has 1 rings (SSSR count). The third-order valence-corrected chi connectivity index (χ3v) is 1.76. The van der Waals surface area contributed by atoms with Gasteiger partial charge < -0.3 is 10.3 Å². The van der Waals surface area contributed by atoms with Crippen molar-refractivity contribution in [2.24, 2.45) is 0 Å². The number of hydrogen-bond donors (Lipinski definition) is 3. The zero-order valence-corrected chi connectivity index (χ0v) is 6.47. The van der Waals surface area contributed by atoms with Crippen LogP contribution >= 0.6 is 11.6 Å². The molecule has 0 aliphatic heterocycles. The smallest absolute Gasteiger partial charge is 0.134 e. The zero-order chi connectivity index (χ0) is 8.27. The summed E-state index contributed by atoms with van der Waals surface area (Å²) in [5.41, 5.74) is 2.62. The lowest BCUT2D eigenvalue weighted by Crippen LogP contribution is -2.06. The van der Waals surface area contributed by atoms with Crippen molar-refractivity contribution in [2.45, 2.75) is 6.54 Å². The topological polar surface area (TPSA) is 52.5 Å². The number of halogens is 1. The second kappa shape index (κ2) is 3.57. The van der Waals surface area contributed by atoms with E-state index in [1.54, 1.807) is 12.1 Å². The van der Waals surface area contributed by atoms with Gasteiger partial charge in [0.15, 0.2) is 0 Å². The van der Waals surface area contributed by atoms with Gasteiger partial charge in [0.2, 0.25) is 0 Å². The number of hydrogen-bond acceptors (Lipinski definition) is 3. The Kier molecular flexibility index (Phi) is 2.70. The second-order valence-electron chi connectivity index (χ2n) is 2.09. The van der Waals surface area contributed by atoms with E-state index >= 15 is 0 Å². The van der Waals surface area contributed by atoms with Gasteiger partial charge in [-0.3, -0.25) is 0 Å². The van der Waals surface area contributed by atoms with Crippen LogP contribution in [-0.4, -0.2) is 10.3 Å². The molecule has 0 bridgehead atoms. The van der Waals surface area contributed by atoms with E-state index in [4.69, 9.17) is 21.9 Å². The first kappa shape index (κ1) is 8.33. The molecule has 1 aromatic carbocycles. The number of aromatic hydroxyl groups is 1. The van der Waals surface area contributed by atoms with Crippen LogP contribution in [-0.2, 0) is 6.54 Å². The maximum atomic E-state index is 9.09. The maximum absolute atomic E-state index is 9.09. The molecular formula is C7H8ClNO2. The van der Waals surface area contributed by atoms with Crippen molar-refractivity contribution in [3.8, 4) is 5.75 Å². The summed E-state index contributed by atoms with van der Waals surface area (Å²) >= 11 is 5.67. The molecule has 0 atom stereocenters. The van der Waals surface area contributed by atoms with Crippen LogP contribution in [0.4, 0.5) is 0 Å². The molecular weight excluding hydrogens is 166 g/mol. The van der Waals surface area contributed by atoms with Crippen LogP contribution in [0.1, 0.15) is 5.56 Å². The highest BCUT2D eigenvalue weighted by molar-refractivity contribution is 6.32. The van der Waals surface area contributed by atoms with Crippen LogP contribution in [0.3, 0.4) is 0 Å². The predicted octanol–water partition coefficient (Wildman–Crippen LogP) is 1.52. The van der Waals surface area contributed by atoms with Crippen molar-refractivity contribution in [3.05, 3.63) is 28.8 Å². The predicted molar refractivity (Wildman–Crippen MR) is 41.7 cm³/mol. The molecule has 60 valence electrons. The van der Waals surface area contributed by atoms with Crippen LogP contribution < -0.4 is 5.48 Å². The van der Waals surface area contributed by atoms with Gasteiger partial charge >= 0.3 is 0 Å². The third-order valence-electron chi connectivity index (χ3n) is 1.33. The fraction of sp³-hybridized carbons (Fsp3) is 0.143. The van der Waals surface area contributed by atoms with Gasteiger partial charge in [-0.05, 0) is 11.6 Å². The number of benzene rings is 1. The molecule has 0 fully saturated rings. The monoisotopic (exact) mass is 173 g/mol. The molecule has 0 aliphatic rings. The number of rotatable bonds is 2. The Morgan fingerprint density at radius 2 is 2.18 bits per heavy atom. The van der Waals surface area contributed by atoms with E-state index in [1.165, 1.54) is 6.07 Å². The first-order chi connectivity index (χ1) is 5.25. The molecule has 3 nitrogen and oxygen atoms in total. The van der Waals surface area contributed by atoms with Gasteiger partial charge in [0, 0.05) is 6.54 Å². The highest BCUT2D eigenvalue weighted by Gasteiger charge is 2.02. The second-order valence-corrected chi connectivity index (χ2v) is 2.46. The quantitative estimate of drug-likeness (QED) is 0.595. The van der Waals surface area contributed by atoms with Crippen molar-refractivity contribution in [1.82, 2.24) is 5.48 Å². The van der Waals surface area contributed by atoms with Crippen LogP contribution in [0.15, 0.2) is 18.2 Å². The molecule has 11 heavy (non-hydrogen) atoms. The minimum absolute atomic E-state index is 0.0272. The van der Waals surface area contributed by atoms with Crippen LogP contribution in [0.5, 0.6) is 5.75 Å². The van der Waals surface area contributed by atoms with Crippen molar-refractivity contribution in [1.29, 1.82) is 0 Å². The van der Waals surface area contributed by atoms with Gasteiger partial charge in [-0.1, -0.05) is 23.7 Å². The summed E-state index contributed by atoms with van der Waals surface area (Å²) in [6.45, 7) is 0.229. The SMILES string of the molecule is ONCc1cccc(O)c1Cl. The Hall–Kier alpha value is -0.770. The molecule has 0 saturated heterocycles. The normalized spacial score (nSPS) is 10.0. The number of phenols is 1. The molecule has 1 aromatic rings. The lowest BCUT2D eigenvalue weighted by molar-refractivity contribution is 0.161. The molecule has 0 heterocycles. The van der Waals surface area contributed by atoms with Gasteiger partial charge in [0.25, 0.3) is 0 Å². The van der Waals surface area contributed by atoms with E-state index < -0.39 is 0 Å². The summed E-state index contributed by atoms with van der Waals surface area (Å²) in [5, 5.41) is 17.7. The van der Waals surface area contributed by atoms with Gasteiger partial charge in [0.05, 0.1) is 5.02 Å². The number of phenolic OH excluding ortho intramolecular Hbond substituents is 1. The minimum Gasteiger partial charge on any atom is -0.506 e. The lowest BCUT2D eigenvalue weighted by atomic mass is 10.2. The Morgan fingerprint density at radius 3 is 2.82 bits per heavy atom. The summed E-state index contributed by atoms with van der Waals surface area (Å²) in [7, 11) is 0. The van der Waals surface area contributed by atoms with Crippen molar-refractivity contribution in [2.75, 3.05) is 0 Å². The average Bonchev–Trinajstić information content (AvgIpc) is 1.99. The van der Waals surface area contributed by atoms with Crippen LogP contribution in [0.25, 0.3) is 0 Å². The molecule has 0 saturated carbocycles. The Balaban J connectivity index is 2.96. The van der Waals surface area contributed by atoms with Gasteiger partial charge in [-0.25, -0.2) is 5.48 Å². The molecule has 0 radical (unpaired) electrons. The summed E-state index contributed by atoms with van der Waals surface area (Å²) in [5.74, 6) is 0.0272. The highest BCUT2D eigenvalue weighted by Crippen LogP contribution is 2.26. The van der Waals surface area contributed by atoms with Crippen molar-refractivity contribution < 1.29 is 10.3 Å². The van der Waals surface area contributed by atoms with Gasteiger partial charge in [0.1, 0.15) is 5.75 Å². The maximum Gasteiger partial charge on any atom is 0.134 e. The Morgan fingerprint density at radius 1 is 1.45 bits per heavy atom. The zero-order valence-electron chi connectivity index (χ0n) is 5.71. The van der Waals surface area contributed by atoms with Crippen molar-refractivity contribution in [3.63, 3.8) is 0 Å². The first-order valence-electron chi connectivity index (χ1n) is 3.09. The summed E-state index contributed by atoms with van der Waals surface area (Å²) in [6, 6.07) is 4.86. The number of nitrogens with one attached hydrogen (secondary N) is 1. The number of hydroxylamine groups is 1. The molecule has 0 spiro atoms. The van der Waals surface area contributed by atoms with E-state index in [0.717, 1.165) is 0 Å². The lowest BCUT2D eigenvalue weighted by Gasteiger charge is -2.02. The first-order valence-corrected chi connectivity index (χ1v) is 3.47. The molecule has 3 N–H and O–H groups in total. The third kappa shape index (κ3) is 1.83. The highest BCUT2D eigenvalue weighted by atomic mass is 35.5. The standard InChI is InChI=1S/C7H8ClNO2/c8-7-5(4-9-11)2-1-3-6(7)10/h1-3,9-11H,4H2. The van der Waals surface area contributed by atoms with E-state index in [1.807, 2.05) is 5.48 Å². The molecule has 0 amide bonds. The molecule has 4 heteroatoms. The van der Waals surface area contributed by atoms with Crippen molar-refractivity contribution >= 4 is 11.6 Å². The molecule has 0 unspecified atom stereocenters. The van der Waals surface area contributed by atoms with Gasteiger partial charge in [-0.15, -0.1) is 0 Å². The molecule has 0 aromatic heterocycles. The average molecular weight is 174 g/mol. The van der Waals surface area contributed by atoms with E-state index in [2.05, 4.69) is 0 Å². The van der Waals surface area contributed by atoms with E-state index in [9.17, 15) is 0 Å². The largest absolute Gasteiger partial charge is 0.506 e. The van der Waals surface area contributed by atoms with Gasteiger partial charge in [-0.2, -0.15) is 0 Å². The Bertz CT molecular complexity index is 252. The fourth-order valence-corrected chi connectivity index (χ4v) is 0.981. The summed E-state index contributed by atoms with van der Waals surface area (Å²) in [6.07, 6.45) is 0. The van der Waals surface area contributed by atoms with Crippen LogP contribution in [0.2, 0.25) is 5.02 Å². The Labute approximate surface area is 69.2 Å². The molecule has 0 aliphatic carbocycles. The summed E-state index contributed by atoms with van der Waals surface area (Å²) in [4.78, 5) is 0. The van der Waals surface area contributed by atoms with Crippen LogP contribution in [0, 0.1) is 0 Å². The fourth-order valence-electron chi connectivity index (χ4n) is 0.788. The minimum atomic E-state index is 0.0272. The van der Waals surface area contributed by atoms with E-state index in [-0.39, 0.29) is 17.3 Å². The van der Waals surface area contributed by atoms with E-state index in [0.29, 0.717) is 5.56 Å².